The third kappa shape index (κ3) is 4.72. The van der Waals surface area contributed by atoms with E-state index in [0.717, 1.165) is 19.4 Å². The van der Waals surface area contributed by atoms with Gasteiger partial charge in [-0.2, -0.15) is 0 Å². The minimum absolute atomic E-state index is 0.152. The second kappa shape index (κ2) is 8.93. The van der Waals surface area contributed by atoms with E-state index in [1.807, 2.05) is 0 Å². The van der Waals surface area contributed by atoms with E-state index in [-0.39, 0.29) is 18.6 Å². The zero-order valence-electron chi connectivity index (χ0n) is 16.4. The van der Waals surface area contributed by atoms with E-state index in [0.29, 0.717) is 35.0 Å². The molecule has 1 saturated heterocycles. The molecule has 150 valence electrons. The predicted octanol–water partition coefficient (Wildman–Crippen LogP) is 3.20. The number of amides is 1. The van der Waals surface area contributed by atoms with Gasteiger partial charge in [0.2, 0.25) is 0 Å². The van der Waals surface area contributed by atoms with Gasteiger partial charge in [0.05, 0.1) is 19.8 Å². The van der Waals surface area contributed by atoms with Crippen molar-refractivity contribution < 1.29 is 28.2 Å². The van der Waals surface area contributed by atoms with E-state index < -0.39 is 5.97 Å². The Labute approximate surface area is 164 Å². The first-order valence-corrected chi connectivity index (χ1v) is 9.25. The van der Waals surface area contributed by atoms with Gasteiger partial charge in [-0.3, -0.25) is 4.79 Å². The van der Waals surface area contributed by atoms with Crippen molar-refractivity contribution >= 4 is 11.9 Å². The molecular formula is C21H25NO6. The zero-order chi connectivity index (χ0) is 20.1. The molecule has 1 aliphatic rings. The normalized spacial score (nSPS) is 16.0. The summed E-state index contributed by atoms with van der Waals surface area (Å²) in [5.74, 6) is 1.08. The fourth-order valence-corrected chi connectivity index (χ4v) is 3.12. The second-order valence-corrected chi connectivity index (χ2v) is 6.81. The summed E-state index contributed by atoms with van der Waals surface area (Å²) in [7, 11) is 3.00. The van der Waals surface area contributed by atoms with Crippen LogP contribution in [0.1, 0.15) is 45.1 Å². The van der Waals surface area contributed by atoms with E-state index in [9.17, 15) is 9.59 Å². The average Bonchev–Trinajstić information content (AvgIpc) is 3.35. The standard InChI is InChI=1S/C21H25NO6/c1-14-19(21(24)25-3)11-18(28-14)12-22(2)20(23)15-6-8-16(9-7-15)27-13-17-5-4-10-26-17/h6-9,11,17H,4-5,10,12-13H2,1-3H3. The molecule has 1 aromatic heterocycles. The Morgan fingerprint density at radius 2 is 2.00 bits per heavy atom. The maximum Gasteiger partial charge on any atom is 0.341 e. The SMILES string of the molecule is COC(=O)c1cc(CN(C)C(=O)c2ccc(OCC3CCCO3)cc2)oc1C. The Morgan fingerprint density at radius 1 is 1.25 bits per heavy atom. The highest BCUT2D eigenvalue weighted by molar-refractivity contribution is 5.94. The van der Waals surface area contributed by atoms with E-state index in [1.165, 1.54) is 12.0 Å². The highest BCUT2D eigenvalue weighted by Gasteiger charge is 2.19. The molecule has 1 unspecified atom stereocenters. The average molecular weight is 387 g/mol. The second-order valence-electron chi connectivity index (χ2n) is 6.81. The molecule has 1 fully saturated rings. The van der Waals surface area contributed by atoms with Gasteiger partial charge >= 0.3 is 5.97 Å². The van der Waals surface area contributed by atoms with Crippen molar-refractivity contribution in [3.8, 4) is 5.75 Å². The Bertz CT molecular complexity index is 820. The Balaban J connectivity index is 1.57. The summed E-state index contributed by atoms with van der Waals surface area (Å²) in [6.07, 6.45) is 2.24. The minimum Gasteiger partial charge on any atom is -0.491 e. The summed E-state index contributed by atoms with van der Waals surface area (Å²) in [5, 5.41) is 0. The molecule has 1 amide bonds. The lowest BCUT2D eigenvalue weighted by Crippen LogP contribution is -2.26. The summed E-state index contributed by atoms with van der Waals surface area (Å²) in [5.41, 5.74) is 0.912. The van der Waals surface area contributed by atoms with Crippen LogP contribution in [0.5, 0.6) is 5.75 Å². The smallest absolute Gasteiger partial charge is 0.341 e. The molecule has 7 heteroatoms. The van der Waals surface area contributed by atoms with Crippen molar-refractivity contribution in [1.29, 1.82) is 0 Å². The first kappa shape index (κ1) is 19.9. The molecule has 1 atom stereocenters. The molecule has 1 aliphatic heterocycles. The predicted molar refractivity (Wildman–Crippen MR) is 101 cm³/mol. The number of aryl methyl sites for hydroxylation is 1. The minimum atomic E-state index is -0.458. The van der Waals surface area contributed by atoms with Crippen molar-refractivity contribution in [2.24, 2.45) is 0 Å². The molecule has 28 heavy (non-hydrogen) atoms. The van der Waals surface area contributed by atoms with Crippen LogP contribution in [0.25, 0.3) is 0 Å². The first-order valence-electron chi connectivity index (χ1n) is 9.25. The number of ether oxygens (including phenoxy) is 3. The fraction of sp³-hybridized carbons (Fsp3) is 0.429. The first-order chi connectivity index (χ1) is 13.5. The number of esters is 1. The molecule has 0 saturated carbocycles. The molecule has 0 spiro atoms. The molecule has 2 heterocycles. The highest BCUT2D eigenvalue weighted by atomic mass is 16.5. The molecule has 3 rings (SSSR count). The number of benzene rings is 1. The van der Waals surface area contributed by atoms with Crippen molar-refractivity contribution in [2.45, 2.75) is 32.4 Å². The maximum atomic E-state index is 12.6. The number of rotatable bonds is 7. The Kier molecular flexibility index (Phi) is 6.36. The van der Waals surface area contributed by atoms with Gasteiger partial charge in [0.15, 0.2) is 0 Å². The summed E-state index contributed by atoms with van der Waals surface area (Å²) >= 11 is 0. The topological polar surface area (TPSA) is 78.2 Å². The van der Waals surface area contributed by atoms with Gasteiger partial charge in [0, 0.05) is 19.2 Å². The summed E-state index contributed by atoms with van der Waals surface area (Å²) < 4.78 is 21.5. The van der Waals surface area contributed by atoms with Crippen LogP contribution in [0.4, 0.5) is 0 Å². The van der Waals surface area contributed by atoms with E-state index in [2.05, 4.69) is 0 Å². The molecule has 0 N–H and O–H groups in total. The number of methoxy groups -OCH3 is 1. The van der Waals surface area contributed by atoms with Crippen LogP contribution < -0.4 is 4.74 Å². The van der Waals surface area contributed by atoms with Crippen LogP contribution in [0.15, 0.2) is 34.7 Å². The molecular weight excluding hydrogens is 362 g/mol. The number of carbonyl (C=O) groups excluding carboxylic acids is 2. The van der Waals surface area contributed by atoms with Crippen LogP contribution in [-0.2, 0) is 16.0 Å². The molecule has 0 radical (unpaired) electrons. The number of hydrogen-bond acceptors (Lipinski definition) is 6. The summed E-state index contributed by atoms with van der Waals surface area (Å²) in [4.78, 5) is 25.8. The quantitative estimate of drug-likeness (QED) is 0.679. The van der Waals surface area contributed by atoms with Gasteiger partial charge in [0.1, 0.15) is 29.4 Å². The lowest BCUT2D eigenvalue weighted by Gasteiger charge is -2.16. The van der Waals surface area contributed by atoms with Crippen LogP contribution >= 0.6 is 0 Å². The zero-order valence-corrected chi connectivity index (χ0v) is 16.4. The third-order valence-electron chi connectivity index (χ3n) is 4.67. The summed E-state index contributed by atoms with van der Waals surface area (Å²) in [6.45, 7) is 3.25. The van der Waals surface area contributed by atoms with Crippen molar-refractivity contribution in [2.75, 3.05) is 27.4 Å². The number of nitrogens with zero attached hydrogens (tertiary/aromatic N) is 1. The monoisotopic (exact) mass is 387 g/mol. The van der Waals surface area contributed by atoms with E-state index in [1.54, 1.807) is 44.3 Å². The number of furan rings is 1. The largest absolute Gasteiger partial charge is 0.491 e. The van der Waals surface area contributed by atoms with Gasteiger partial charge < -0.3 is 23.5 Å². The van der Waals surface area contributed by atoms with Crippen molar-refractivity contribution in [3.05, 3.63) is 53.0 Å². The Morgan fingerprint density at radius 3 is 2.64 bits per heavy atom. The third-order valence-corrected chi connectivity index (χ3v) is 4.67. The number of hydrogen-bond donors (Lipinski definition) is 0. The van der Waals surface area contributed by atoms with Crippen LogP contribution in [0, 0.1) is 6.92 Å². The van der Waals surface area contributed by atoms with E-state index >= 15 is 0 Å². The van der Waals surface area contributed by atoms with Gasteiger partial charge in [-0.1, -0.05) is 0 Å². The fourth-order valence-electron chi connectivity index (χ4n) is 3.12. The molecule has 0 aliphatic carbocycles. The van der Waals surface area contributed by atoms with E-state index in [4.69, 9.17) is 18.6 Å². The molecule has 0 bridgehead atoms. The molecule has 7 nitrogen and oxygen atoms in total. The van der Waals surface area contributed by atoms with Crippen LogP contribution in [-0.4, -0.2) is 50.3 Å². The Hall–Kier alpha value is -2.80. The van der Waals surface area contributed by atoms with Crippen LogP contribution in [0.3, 0.4) is 0 Å². The molecule has 1 aromatic carbocycles. The lowest BCUT2D eigenvalue weighted by atomic mass is 10.2. The number of carbonyl (C=O) groups is 2. The maximum absolute atomic E-state index is 12.6. The van der Waals surface area contributed by atoms with Crippen molar-refractivity contribution in [1.82, 2.24) is 4.90 Å². The highest BCUT2D eigenvalue weighted by Crippen LogP contribution is 2.20. The molecule has 2 aromatic rings. The van der Waals surface area contributed by atoms with Gasteiger partial charge in [-0.25, -0.2) is 4.79 Å². The summed E-state index contributed by atoms with van der Waals surface area (Å²) in [6, 6.07) is 8.63. The van der Waals surface area contributed by atoms with Crippen molar-refractivity contribution in [3.63, 3.8) is 0 Å². The van der Waals surface area contributed by atoms with Crippen LogP contribution in [0.2, 0.25) is 0 Å². The lowest BCUT2D eigenvalue weighted by molar-refractivity contribution is 0.0598. The van der Waals surface area contributed by atoms with Gasteiger partial charge in [-0.15, -0.1) is 0 Å². The van der Waals surface area contributed by atoms with Gasteiger partial charge in [-0.05, 0) is 50.1 Å². The van der Waals surface area contributed by atoms with Gasteiger partial charge in [0.25, 0.3) is 5.91 Å².